The van der Waals surface area contributed by atoms with Gasteiger partial charge in [0, 0.05) is 29.8 Å². The van der Waals surface area contributed by atoms with E-state index < -0.39 is 0 Å². The highest BCUT2D eigenvalue weighted by Crippen LogP contribution is 2.35. The van der Waals surface area contributed by atoms with E-state index in [0.717, 1.165) is 27.9 Å². The first kappa shape index (κ1) is 18.6. The van der Waals surface area contributed by atoms with Crippen LogP contribution in [0.5, 0.6) is 5.88 Å². The van der Waals surface area contributed by atoms with Gasteiger partial charge in [0.2, 0.25) is 11.8 Å². The average Bonchev–Trinajstić information content (AvgIpc) is 2.98. The zero-order chi connectivity index (χ0) is 20.5. The number of carbonyl (C=O) groups is 1. The van der Waals surface area contributed by atoms with E-state index in [2.05, 4.69) is 4.98 Å². The Morgan fingerprint density at radius 1 is 1.03 bits per heavy atom. The molecular weight excluding hydrogens is 362 g/mol. The molecule has 4 aromatic rings. The van der Waals surface area contributed by atoms with Gasteiger partial charge < -0.3 is 5.11 Å². The Balaban J connectivity index is 2.09. The van der Waals surface area contributed by atoms with Gasteiger partial charge >= 0.3 is 0 Å². The van der Waals surface area contributed by atoms with Crippen molar-refractivity contribution in [3.05, 3.63) is 89.2 Å². The summed E-state index contributed by atoms with van der Waals surface area (Å²) in [5.74, 6) is -0.360. The van der Waals surface area contributed by atoms with E-state index in [9.17, 15) is 9.90 Å². The molecule has 0 saturated heterocycles. The maximum Gasteiger partial charge on any atom is 0.230 e. The summed E-state index contributed by atoms with van der Waals surface area (Å²) in [4.78, 5) is 21.4. The molecule has 2 heterocycles. The molecule has 0 aliphatic carbocycles. The Morgan fingerprint density at radius 3 is 2.48 bits per heavy atom. The van der Waals surface area contributed by atoms with Crippen molar-refractivity contribution in [1.29, 1.82) is 0 Å². The second kappa shape index (κ2) is 7.36. The van der Waals surface area contributed by atoms with Crippen molar-refractivity contribution in [2.24, 2.45) is 4.99 Å². The normalized spacial score (nSPS) is 11.8. The summed E-state index contributed by atoms with van der Waals surface area (Å²) in [5.41, 5.74) is 5.26. The van der Waals surface area contributed by atoms with Crippen LogP contribution < -0.4 is 0 Å². The van der Waals surface area contributed by atoms with Gasteiger partial charge in [-0.15, -0.1) is 0 Å². The number of benzene rings is 2. The van der Waals surface area contributed by atoms with Gasteiger partial charge in [-0.25, -0.2) is 4.99 Å². The number of aliphatic imine (C=N–C) groups is 1. The molecular formula is C24H21N3O2. The van der Waals surface area contributed by atoms with Crippen molar-refractivity contribution in [3.63, 3.8) is 0 Å². The highest BCUT2D eigenvalue weighted by atomic mass is 16.3. The van der Waals surface area contributed by atoms with Gasteiger partial charge in [0.15, 0.2) is 0 Å². The molecule has 2 aromatic heterocycles. The lowest BCUT2D eigenvalue weighted by atomic mass is 10.00. The third-order valence-electron chi connectivity index (χ3n) is 4.82. The third kappa shape index (κ3) is 3.43. The van der Waals surface area contributed by atoms with E-state index in [4.69, 9.17) is 4.99 Å². The van der Waals surface area contributed by atoms with E-state index in [1.54, 1.807) is 6.20 Å². The molecule has 0 unspecified atom stereocenters. The maximum atomic E-state index is 12.3. The van der Waals surface area contributed by atoms with Gasteiger partial charge in [-0.2, -0.15) is 0 Å². The second-order valence-corrected chi connectivity index (χ2v) is 7.06. The molecule has 0 bridgehead atoms. The molecule has 0 saturated carbocycles. The molecule has 0 atom stereocenters. The van der Waals surface area contributed by atoms with Crippen LogP contribution in [0, 0.1) is 13.8 Å². The fourth-order valence-electron chi connectivity index (χ4n) is 3.53. The van der Waals surface area contributed by atoms with Crippen molar-refractivity contribution in [1.82, 2.24) is 9.55 Å². The third-order valence-corrected chi connectivity index (χ3v) is 4.82. The largest absolute Gasteiger partial charge is 0.494 e. The van der Waals surface area contributed by atoms with Gasteiger partial charge in [-0.05, 0) is 38.1 Å². The van der Waals surface area contributed by atoms with E-state index in [-0.39, 0.29) is 11.8 Å². The summed E-state index contributed by atoms with van der Waals surface area (Å²) in [6, 6.07) is 19.1. The molecule has 0 aliphatic heterocycles. The minimum absolute atomic E-state index is 0.105. The van der Waals surface area contributed by atoms with Gasteiger partial charge in [-0.3, -0.25) is 14.3 Å². The summed E-state index contributed by atoms with van der Waals surface area (Å²) < 4.78 is 1.33. The Labute approximate surface area is 169 Å². The number of hydrogen-bond donors (Lipinski definition) is 1. The number of aryl methyl sites for hydroxylation is 2. The first-order chi connectivity index (χ1) is 14.0. The molecule has 1 N–H and O–H groups in total. The summed E-state index contributed by atoms with van der Waals surface area (Å²) in [5, 5.41) is 11.9. The van der Waals surface area contributed by atoms with Crippen LogP contribution >= 0.6 is 0 Å². The number of hydrogen-bond acceptors (Lipinski definition) is 4. The number of aromatic nitrogens is 2. The minimum Gasteiger partial charge on any atom is -0.494 e. The van der Waals surface area contributed by atoms with Crippen LogP contribution in [-0.4, -0.2) is 26.3 Å². The lowest BCUT2D eigenvalue weighted by Gasteiger charge is -2.08. The Hall–Kier alpha value is -3.73. The second-order valence-electron chi connectivity index (χ2n) is 7.06. The molecule has 2 aromatic carbocycles. The summed E-state index contributed by atoms with van der Waals surface area (Å²) in [6.07, 6.45) is 1.71. The molecule has 144 valence electrons. The Morgan fingerprint density at radius 2 is 1.79 bits per heavy atom. The first-order valence-corrected chi connectivity index (χ1v) is 9.38. The number of carbonyl (C=O) groups excluding carboxylic acids is 1. The molecule has 0 spiro atoms. The predicted molar refractivity (Wildman–Crippen MR) is 115 cm³/mol. The van der Waals surface area contributed by atoms with Crippen LogP contribution in [-0.2, 0) is 0 Å². The number of nitrogens with zero attached hydrogens (tertiary/aromatic N) is 3. The molecule has 0 fully saturated rings. The van der Waals surface area contributed by atoms with Crippen LogP contribution in [0.25, 0.3) is 10.9 Å². The maximum absolute atomic E-state index is 12.3. The molecule has 0 radical (unpaired) electrons. The zero-order valence-corrected chi connectivity index (χ0v) is 16.5. The summed E-state index contributed by atoms with van der Waals surface area (Å²) in [6.45, 7) is 5.33. The topological polar surface area (TPSA) is 67.5 Å². The summed E-state index contributed by atoms with van der Waals surface area (Å²) >= 11 is 0. The zero-order valence-electron chi connectivity index (χ0n) is 16.5. The quantitative estimate of drug-likeness (QED) is 0.495. The van der Waals surface area contributed by atoms with Crippen molar-refractivity contribution >= 4 is 28.2 Å². The van der Waals surface area contributed by atoms with Gasteiger partial charge in [0.25, 0.3) is 0 Å². The van der Waals surface area contributed by atoms with Crippen LogP contribution in [0.2, 0.25) is 0 Å². The van der Waals surface area contributed by atoms with Crippen molar-refractivity contribution in [2.75, 3.05) is 0 Å². The van der Waals surface area contributed by atoms with Crippen LogP contribution in [0.4, 0.5) is 5.69 Å². The van der Waals surface area contributed by atoms with E-state index in [1.165, 1.54) is 11.5 Å². The fraction of sp³-hybridized carbons (Fsp3) is 0.125. The first-order valence-electron chi connectivity index (χ1n) is 9.38. The standard InChI is InChI=1S/C24H21N3O2/c1-15-9-10-21-20(13-15)22(24(29)27(21)17(3)28)23(18-7-5-4-6-8-18)26-19-11-12-25-16(2)14-19/h4-14,29H,1-3H3. The molecule has 0 amide bonds. The van der Waals surface area contributed by atoms with Gasteiger partial charge in [0.05, 0.1) is 22.5 Å². The molecule has 4 rings (SSSR count). The lowest BCUT2D eigenvalue weighted by Crippen LogP contribution is -2.06. The van der Waals surface area contributed by atoms with Crippen LogP contribution in [0.15, 0.2) is 71.9 Å². The fourth-order valence-corrected chi connectivity index (χ4v) is 3.53. The predicted octanol–water partition coefficient (Wildman–Crippen LogP) is 5.19. The Bertz CT molecular complexity index is 1250. The number of fused-ring (bicyclic) bond motifs is 1. The number of aromatic hydroxyl groups is 1. The van der Waals surface area contributed by atoms with Crippen molar-refractivity contribution in [2.45, 2.75) is 20.8 Å². The molecule has 5 nitrogen and oxygen atoms in total. The van der Waals surface area contributed by atoms with Crippen molar-refractivity contribution < 1.29 is 9.90 Å². The highest BCUT2D eigenvalue weighted by Gasteiger charge is 2.24. The molecule has 0 aliphatic rings. The van der Waals surface area contributed by atoms with Crippen LogP contribution in [0.1, 0.15) is 34.1 Å². The Kier molecular flexibility index (Phi) is 4.72. The monoisotopic (exact) mass is 383 g/mol. The van der Waals surface area contributed by atoms with E-state index >= 15 is 0 Å². The van der Waals surface area contributed by atoms with Crippen LogP contribution in [0.3, 0.4) is 0 Å². The highest BCUT2D eigenvalue weighted by molar-refractivity contribution is 6.23. The number of pyridine rings is 1. The summed E-state index contributed by atoms with van der Waals surface area (Å²) in [7, 11) is 0. The van der Waals surface area contributed by atoms with Gasteiger partial charge in [-0.1, -0.05) is 42.0 Å². The average molecular weight is 383 g/mol. The SMILES string of the molecule is CC(=O)n1c(O)c(C(=Nc2ccnc(C)c2)c2ccccc2)c2cc(C)ccc21. The smallest absolute Gasteiger partial charge is 0.230 e. The molecule has 5 heteroatoms. The van der Waals surface area contributed by atoms with Crippen molar-refractivity contribution in [3.8, 4) is 5.88 Å². The van der Waals surface area contributed by atoms with Gasteiger partial charge in [0.1, 0.15) is 0 Å². The number of rotatable bonds is 3. The minimum atomic E-state index is -0.255. The molecule has 29 heavy (non-hydrogen) atoms. The lowest BCUT2D eigenvalue weighted by molar-refractivity contribution is 0.0933. The van der Waals surface area contributed by atoms with E-state index in [1.807, 2.05) is 74.5 Å². The van der Waals surface area contributed by atoms with E-state index in [0.29, 0.717) is 16.8 Å².